The fraction of sp³-hybridized carbons (Fsp3) is 0.286. The van der Waals surface area contributed by atoms with Crippen molar-refractivity contribution in [3.05, 3.63) is 35.1 Å². The molecule has 1 aromatic carbocycles. The number of hydrogen-bond acceptors (Lipinski definition) is 5. The second kappa shape index (κ2) is 5.34. The van der Waals surface area contributed by atoms with Gasteiger partial charge in [0, 0.05) is 23.7 Å². The van der Waals surface area contributed by atoms with E-state index in [1.54, 1.807) is 19.1 Å². The van der Waals surface area contributed by atoms with Gasteiger partial charge in [-0.1, -0.05) is 5.16 Å². The molecule has 2 aromatic rings. The molecule has 0 fully saturated rings. The molecule has 0 radical (unpaired) electrons. The molecule has 0 spiro atoms. The normalized spacial score (nSPS) is 11.0. The number of aromatic nitrogens is 1. The highest BCUT2D eigenvalue weighted by Crippen LogP contribution is 2.30. The first kappa shape index (κ1) is 14.1. The standard InChI is InChI=1S/C14H16N2O4/c1-8-4-9(5-10(13(8)17)7-16(2)3)11-6-12(14(18)19)20-15-11/h4-6,17H,7H2,1-3H3,(H,18,19). The van der Waals surface area contributed by atoms with E-state index in [2.05, 4.69) is 5.16 Å². The number of carbonyl (C=O) groups is 1. The van der Waals surface area contributed by atoms with Crippen molar-refractivity contribution in [2.45, 2.75) is 13.5 Å². The minimum absolute atomic E-state index is 0.208. The summed E-state index contributed by atoms with van der Waals surface area (Å²) < 4.78 is 4.75. The van der Waals surface area contributed by atoms with Crippen LogP contribution >= 0.6 is 0 Å². The minimum Gasteiger partial charge on any atom is -0.507 e. The minimum atomic E-state index is -1.16. The van der Waals surface area contributed by atoms with E-state index in [4.69, 9.17) is 9.63 Å². The third kappa shape index (κ3) is 2.80. The quantitative estimate of drug-likeness (QED) is 0.889. The van der Waals surface area contributed by atoms with Gasteiger partial charge in [-0.05, 0) is 38.7 Å². The average Bonchev–Trinajstić information content (AvgIpc) is 2.83. The third-order valence-corrected chi connectivity index (χ3v) is 2.88. The lowest BCUT2D eigenvalue weighted by molar-refractivity contribution is 0.0652. The summed E-state index contributed by atoms with van der Waals surface area (Å²) in [6, 6.07) is 4.90. The lowest BCUT2D eigenvalue weighted by Gasteiger charge is -2.14. The van der Waals surface area contributed by atoms with Gasteiger partial charge in [0.25, 0.3) is 0 Å². The Morgan fingerprint density at radius 3 is 2.60 bits per heavy atom. The molecule has 0 amide bonds. The highest BCUT2D eigenvalue weighted by Gasteiger charge is 2.15. The van der Waals surface area contributed by atoms with Gasteiger partial charge in [0.1, 0.15) is 11.4 Å². The van der Waals surface area contributed by atoms with Crippen LogP contribution < -0.4 is 0 Å². The molecule has 0 aliphatic heterocycles. The fourth-order valence-electron chi connectivity index (χ4n) is 1.97. The van der Waals surface area contributed by atoms with E-state index in [0.717, 1.165) is 5.56 Å². The number of aryl methyl sites for hydroxylation is 1. The van der Waals surface area contributed by atoms with Gasteiger partial charge < -0.3 is 19.6 Å². The molecule has 0 aliphatic rings. The molecule has 0 atom stereocenters. The summed E-state index contributed by atoms with van der Waals surface area (Å²) in [5.41, 5.74) is 2.61. The molecule has 1 heterocycles. The molecule has 2 rings (SSSR count). The summed E-state index contributed by atoms with van der Waals surface area (Å²) in [6.07, 6.45) is 0. The summed E-state index contributed by atoms with van der Waals surface area (Å²) in [5.74, 6) is -1.13. The molecule has 0 bridgehead atoms. The first-order valence-corrected chi connectivity index (χ1v) is 6.06. The van der Waals surface area contributed by atoms with Crippen molar-refractivity contribution in [1.29, 1.82) is 0 Å². The number of carboxylic acids is 1. The van der Waals surface area contributed by atoms with E-state index in [0.29, 0.717) is 23.4 Å². The summed E-state index contributed by atoms with van der Waals surface area (Å²) >= 11 is 0. The number of hydrogen-bond donors (Lipinski definition) is 2. The molecule has 0 saturated carbocycles. The Balaban J connectivity index is 2.45. The Kier molecular flexibility index (Phi) is 3.76. The largest absolute Gasteiger partial charge is 0.507 e. The molecule has 0 saturated heterocycles. The van der Waals surface area contributed by atoms with Gasteiger partial charge in [-0.25, -0.2) is 4.79 Å². The van der Waals surface area contributed by atoms with Crippen LogP contribution in [0.15, 0.2) is 22.7 Å². The predicted octanol–water partition coefficient (Wildman–Crippen LogP) is 2.12. The predicted molar refractivity (Wildman–Crippen MR) is 72.7 cm³/mol. The van der Waals surface area contributed by atoms with Crippen LogP contribution in [0.2, 0.25) is 0 Å². The molecule has 0 aliphatic carbocycles. The zero-order valence-electron chi connectivity index (χ0n) is 11.5. The molecular weight excluding hydrogens is 260 g/mol. The van der Waals surface area contributed by atoms with E-state index in [-0.39, 0.29) is 11.5 Å². The zero-order chi connectivity index (χ0) is 14.9. The fourth-order valence-corrected chi connectivity index (χ4v) is 1.97. The number of aromatic hydroxyl groups is 1. The maximum atomic E-state index is 10.8. The van der Waals surface area contributed by atoms with Gasteiger partial charge >= 0.3 is 5.97 Å². The van der Waals surface area contributed by atoms with Crippen molar-refractivity contribution in [3.63, 3.8) is 0 Å². The molecule has 20 heavy (non-hydrogen) atoms. The summed E-state index contributed by atoms with van der Waals surface area (Å²) in [6.45, 7) is 2.36. The average molecular weight is 276 g/mol. The maximum Gasteiger partial charge on any atom is 0.374 e. The van der Waals surface area contributed by atoms with Gasteiger partial charge in [-0.15, -0.1) is 0 Å². The Labute approximate surface area is 116 Å². The van der Waals surface area contributed by atoms with Gasteiger partial charge in [0.2, 0.25) is 5.76 Å². The van der Waals surface area contributed by atoms with Gasteiger partial charge in [-0.3, -0.25) is 0 Å². The van der Waals surface area contributed by atoms with Crippen LogP contribution in [0.5, 0.6) is 5.75 Å². The Morgan fingerprint density at radius 2 is 2.05 bits per heavy atom. The second-order valence-corrected chi connectivity index (χ2v) is 4.92. The first-order valence-electron chi connectivity index (χ1n) is 6.06. The van der Waals surface area contributed by atoms with Gasteiger partial charge in [0.15, 0.2) is 0 Å². The van der Waals surface area contributed by atoms with Crippen LogP contribution in [0, 0.1) is 6.92 Å². The van der Waals surface area contributed by atoms with E-state index in [1.165, 1.54) is 6.07 Å². The number of aromatic carboxylic acids is 1. The maximum absolute atomic E-state index is 10.8. The number of rotatable bonds is 4. The summed E-state index contributed by atoms with van der Waals surface area (Å²) in [7, 11) is 3.81. The van der Waals surface area contributed by atoms with Crippen LogP contribution in [0.3, 0.4) is 0 Å². The van der Waals surface area contributed by atoms with Crippen LogP contribution in [0.1, 0.15) is 21.7 Å². The number of benzene rings is 1. The van der Waals surface area contributed by atoms with Crippen LogP contribution in [0.25, 0.3) is 11.3 Å². The van der Waals surface area contributed by atoms with Crippen LogP contribution in [-0.2, 0) is 6.54 Å². The summed E-state index contributed by atoms with van der Waals surface area (Å²) in [4.78, 5) is 12.7. The van der Waals surface area contributed by atoms with Gasteiger partial charge in [-0.2, -0.15) is 0 Å². The first-order chi connectivity index (χ1) is 9.38. The Bertz CT molecular complexity index is 647. The topological polar surface area (TPSA) is 86.8 Å². The number of phenolic OH excluding ortho intramolecular Hbond substituents is 1. The summed E-state index contributed by atoms with van der Waals surface area (Å²) in [5, 5.41) is 22.6. The Morgan fingerprint density at radius 1 is 1.35 bits per heavy atom. The smallest absolute Gasteiger partial charge is 0.374 e. The molecule has 0 unspecified atom stereocenters. The molecule has 6 heteroatoms. The highest BCUT2D eigenvalue weighted by molar-refractivity contribution is 5.85. The number of nitrogens with zero attached hydrogens (tertiary/aromatic N) is 2. The van der Waals surface area contributed by atoms with Crippen molar-refractivity contribution in [2.75, 3.05) is 14.1 Å². The van der Waals surface area contributed by atoms with Crippen molar-refractivity contribution >= 4 is 5.97 Å². The molecule has 2 N–H and O–H groups in total. The second-order valence-electron chi connectivity index (χ2n) is 4.92. The van der Waals surface area contributed by atoms with Crippen molar-refractivity contribution < 1.29 is 19.5 Å². The van der Waals surface area contributed by atoms with E-state index < -0.39 is 5.97 Å². The third-order valence-electron chi connectivity index (χ3n) is 2.88. The molecule has 106 valence electrons. The van der Waals surface area contributed by atoms with Gasteiger partial charge in [0.05, 0.1) is 0 Å². The van der Waals surface area contributed by atoms with E-state index in [9.17, 15) is 9.90 Å². The number of phenols is 1. The molecular formula is C14H16N2O4. The SMILES string of the molecule is Cc1cc(-c2cc(C(=O)O)on2)cc(CN(C)C)c1O. The molecule has 6 nitrogen and oxygen atoms in total. The van der Waals surface area contributed by atoms with Crippen LogP contribution in [-0.4, -0.2) is 40.3 Å². The molecule has 1 aromatic heterocycles. The van der Waals surface area contributed by atoms with Crippen molar-refractivity contribution in [1.82, 2.24) is 10.1 Å². The number of carboxylic acid groups (broad SMARTS) is 1. The lowest BCUT2D eigenvalue weighted by atomic mass is 10.0. The Hall–Kier alpha value is -2.34. The van der Waals surface area contributed by atoms with E-state index in [1.807, 2.05) is 19.0 Å². The van der Waals surface area contributed by atoms with Crippen molar-refractivity contribution in [2.24, 2.45) is 0 Å². The lowest BCUT2D eigenvalue weighted by Crippen LogP contribution is -2.11. The van der Waals surface area contributed by atoms with Crippen LogP contribution in [0.4, 0.5) is 0 Å². The highest BCUT2D eigenvalue weighted by atomic mass is 16.5. The van der Waals surface area contributed by atoms with E-state index >= 15 is 0 Å². The van der Waals surface area contributed by atoms with Crippen molar-refractivity contribution in [3.8, 4) is 17.0 Å². The monoisotopic (exact) mass is 276 g/mol. The zero-order valence-corrected chi connectivity index (χ0v) is 11.5.